The lowest BCUT2D eigenvalue weighted by atomic mass is 9.96. The Morgan fingerprint density at radius 1 is 1.15 bits per heavy atom. The maximum atomic E-state index is 12.5. The van der Waals surface area contributed by atoms with Crippen LogP contribution in [0, 0.1) is 0 Å². The SMILES string of the molecule is CCC(C(=O)NCc1nc(-c2ccc3c(c2)OCO3)no1)c1ccccc1. The van der Waals surface area contributed by atoms with Crippen LogP contribution in [0.5, 0.6) is 11.5 Å². The molecule has 0 bridgehead atoms. The monoisotopic (exact) mass is 365 g/mol. The molecule has 4 rings (SSSR count). The zero-order valence-corrected chi connectivity index (χ0v) is 14.8. The van der Waals surface area contributed by atoms with Crippen LogP contribution in [0.4, 0.5) is 0 Å². The highest BCUT2D eigenvalue weighted by molar-refractivity contribution is 5.83. The summed E-state index contributed by atoms with van der Waals surface area (Å²) < 4.78 is 15.9. The number of nitrogens with zero attached hydrogens (tertiary/aromatic N) is 2. The summed E-state index contributed by atoms with van der Waals surface area (Å²) in [6.45, 7) is 2.38. The van der Waals surface area contributed by atoms with E-state index < -0.39 is 0 Å². The number of rotatable bonds is 6. The Morgan fingerprint density at radius 2 is 1.96 bits per heavy atom. The van der Waals surface area contributed by atoms with Crippen molar-refractivity contribution in [2.45, 2.75) is 25.8 Å². The van der Waals surface area contributed by atoms with Crippen LogP contribution in [0.25, 0.3) is 11.4 Å². The van der Waals surface area contributed by atoms with Gasteiger partial charge in [-0.05, 0) is 30.2 Å². The van der Waals surface area contributed by atoms with Gasteiger partial charge in [-0.15, -0.1) is 0 Å². The fourth-order valence-corrected chi connectivity index (χ4v) is 3.02. The average Bonchev–Trinajstić information content (AvgIpc) is 3.36. The van der Waals surface area contributed by atoms with Gasteiger partial charge in [-0.2, -0.15) is 4.98 Å². The van der Waals surface area contributed by atoms with Gasteiger partial charge in [0.2, 0.25) is 24.4 Å². The summed E-state index contributed by atoms with van der Waals surface area (Å²) in [4.78, 5) is 16.9. The molecule has 1 N–H and O–H groups in total. The molecule has 0 fully saturated rings. The second-order valence-corrected chi connectivity index (χ2v) is 6.17. The lowest BCUT2D eigenvalue weighted by Crippen LogP contribution is -2.28. The number of hydrogen-bond donors (Lipinski definition) is 1. The van der Waals surface area contributed by atoms with Gasteiger partial charge in [-0.25, -0.2) is 0 Å². The zero-order chi connectivity index (χ0) is 18.6. The average molecular weight is 365 g/mol. The first kappa shape index (κ1) is 17.1. The third kappa shape index (κ3) is 3.62. The van der Waals surface area contributed by atoms with E-state index in [-0.39, 0.29) is 25.2 Å². The van der Waals surface area contributed by atoms with E-state index in [2.05, 4.69) is 15.5 Å². The molecule has 1 unspecified atom stereocenters. The molecule has 2 heterocycles. The van der Waals surface area contributed by atoms with Crippen LogP contribution in [0.2, 0.25) is 0 Å². The Balaban J connectivity index is 1.41. The number of hydrogen-bond acceptors (Lipinski definition) is 6. The van der Waals surface area contributed by atoms with E-state index in [0.29, 0.717) is 29.6 Å². The molecule has 7 nitrogen and oxygen atoms in total. The minimum absolute atomic E-state index is 0.0634. The predicted octanol–water partition coefficient (Wildman–Crippen LogP) is 3.28. The quantitative estimate of drug-likeness (QED) is 0.721. The van der Waals surface area contributed by atoms with Gasteiger partial charge in [-0.1, -0.05) is 42.4 Å². The molecule has 1 aliphatic rings. The molecule has 3 aromatic rings. The molecular weight excluding hydrogens is 346 g/mol. The Morgan fingerprint density at radius 3 is 2.78 bits per heavy atom. The molecule has 7 heteroatoms. The number of carbonyl (C=O) groups is 1. The highest BCUT2D eigenvalue weighted by Crippen LogP contribution is 2.35. The normalized spacial score (nSPS) is 13.4. The van der Waals surface area contributed by atoms with Crippen molar-refractivity contribution in [1.29, 1.82) is 0 Å². The third-order valence-corrected chi connectivity index (χ3v) is 4.44. The second-order valence-electron chi connectivity index (χ2n) is 6.17. The van der Waals surface area contributed by atoms with Crippen molar-refractivity contribution >= 4 is 5.91 Å². The van der Waals surface area contributed by atoms with Gasteiger partial charge < -0.3 is 19.3 Å². The number of fused-ring (bicyclic) bond motifs is 1. The van der Waals surface area contributed by atoms with Crippen LogP contribution < -0.4 is 14.8 Å². The standard InChI is InChI=1S/C20H19N3O4/c1-2-15(13-6-4-3-5-7-13)20(24)21-11-18-22-19(23-27-18)14-8-9-16-17(10-14)26-12-25-16/h3-10,15H,2,11-12H2,1H3,(H,21,24). The van der Waals surface area contributed by atoms with Gasteiger partial charge in [0.25, 0.3) is 0 Å². The zero-order valence-electron chi connectivity index (χ0n) is 14.8. The molecule has 0 radical (unpaired) electrons. The van der Waals surface area contributed by atoms with Gasteiger partial charge in [0.15, 0.2) is 11.5 Å². The van der Waals surface area contributed by atoms with Crippen molar-refractivity contribution in [2.24, 2.45) is 0 Å². The maximum absolute atomic E-state index is 12.5. The molecule has 0 saturated heterocycles. The van der Waals surface area contributed by atoms with Gasteiger partial charge in [0.05, 0.1) is 12.5 Å². The lowest BCUT2D eigenvalue weighted by molar-refractivity contribution is -0.122. The summed E-state index contributed by atoms with van der Waals surface area (Å²) in [5.74, 6) is 1.86. The molecule has 0 aliphatic carbocycles. The minimum Gasteiger partial charge on any atom is -0.454 e. The van der Waals surface area contributed by atoms with E-state index in [1.54, 1.807) is 12.1 Å². The lowest BCUT2D eigenvalue weighted by Gasteiger charge is -2.14. The second kappa shape index (κ2) is 7.49. The Hall–Kier alpha value is -3.35. The Kier molecular flexibility index (Phi) is 4.74. The summed E-state index contributed by atoms with van der Waals surface area (Å²) in [5, 5.41) is 6.85. The van der Waals surface area contributed by atoms with E-state index in [4.69, 9.17) is 14.0 Å². The van der Waals surface area contributed by atoms with Crippen LogP contribution >= 0.6 is 0 Å². The van der Waals surface area contributed by atoms with Gasteiger partial charge >= 0.3 is 0 Å². The summed E-state index contributed by atoms with van der Waals surface area (Å²) in [6, 6.07) is 15.2. The molecule has 2 aromatic carbocycles. The number of benzene rings is 2. The van der Waals surface area contributed by atoms with Gasteiger partial charge in [0.1, 0.15) is 0 Å². The Bertz CT molecular complexity index is 939. The van der Waals surface area contributed by atoms with Crippen LogP contribution in [0.1, 0.15) is 30.7 Å². The fourth-order valence-electron chi connectivity index (χ4n) is 3.02. The van der Waals surface area contributed by atoms with E-state index in [1.165, 1.54) is 0 Å². The molecular formula is C20H19N3O4. The Labute approximate surface area is 156 Å². The summed E-state index contributed by atoms with van der Waals surface area (Å²) >= 11 is 0. The molecule has 27 heavy (non-hydrogen) atoms. The van der Waals surface area contributed by atoms with Crippen molar-refractivity contribution in [1.82, 2.24) is 15.5 Å². The molecule has 138 valence electrons. The van der Waals surface area contributed by atoms with E-state index >= 15 is 0 Å². The minimum atomic E-state index is -0.206. The smallest absolute Gasteiger partial charge is 0.246 e. The van der Waals surface area contributed by atoms with Crippen molar-refractivity contribution in [3.05, 3.63) is 60.0 Å². The van der Waals surface area contributed by atoms with Crippen molar-refractivity contribution in [3.8, 4) is 22.9 Å². The molecule has 1 aromatic heterocycles. The maximum Gasteiger partial charge on any atom is 0.246 e. The number of aromatic nitrogens is 2. The van der Waals surface area contributed by atoms with Crippen LogP contribution in [0.3, 0.4) is 0 Å². The summed E-state index contributed by atoms with van der Waals surface area (Å²) in [6.07, 6.45) is 0.710. The van der Waals surface area contributed by atoms with Crippen molar-refractivity contribution in [2.75, 3.05) is 6.79 Å². The molecule has 0 saturated carbocycles. The first-order chi connectivity index (χ1) is 13.2. The van der Waals surface area contributed by atoms with Crippen molar-refractivity contribution in [3.63, 3.8) is 0 Å². The third-order valence-electron chi connectivity index (χ3n) is 4.44. The fraction of sp³-hybridized carbons (Fsp3) is 0.250. The van der Waals surface area contributed by atoms with E-state index in [9.17, 15) is 4.79 Å². The summed E-state index contributed by atoms with van der Waals surface area (Å²) in [5.41, 5.74) is 1.75. The van der Waals surface area contributed by atoms with Gasteiger partial charge in [0, 0.05) is 5.56 Å². The van der Waals surface area contributed by atoms with E-state index in [1.807, 2.05) is 43.3 Å². The van der Waals surface area contributed by atoms with Crippen molar-refractivity contribution < 1.29 is 18.8 Å². The van der Waals surface area contributed by atoms with Crippen LogP contribution in [-0.4, -0.2) is 22.8 Å². The highest BCUT2D eigenvalue weighted by Gasteiger charge is 2.20. The number of carbonyl (C=O) groups excluding carboxylic acids is 1. The predicted molar refractivity (Wildman–Crippen MR) is 97.2 cm³/mol. The summed E-state index contributed by atoms with van der Waals surface area (Å²) in [7, 11) is 0. The van der Waals surface area contributed by atoms with E-state index in [0.717, 1.165) is 11.1 Å². The molecule has 1 atom stereocenters. The molecule has 0 spiro atoms. The molecule has 1 aliphatic heterocycles. The largest absolute Gasteiger partial charge is 0.454 e. The first-order valence-corrected chi connectivity index (χ1v) is 8.80. The van der Waals surface area contributed by atoms with Crippen LogP contribution in [0.15, 0.2) is 53.1 Å². The van der Waals surface area contributed by atoms with Gasteiger partial charge in [-0.3, -0.25) is 4.79 Å². The van der Waals surface area contributed by atoms with Crippen LogP contribution in [-0.2, 0) is 11.3 Å². The highest BCUT2D eigenvalue weighted by atomic mass is 16.7. The molecule has 1 amide bonds. The first-order valence-electron chi connectivity index (χ1n) is 8.80. The number of ether oxygens (including phenoxy) is 2. The number of nitrogens with one attached hydrogen (secondary N) is 1. The number of amides is 1. The topological polar surface area (TPSA) is 86.5 Å².